The van der Waals surface area contributed by atoms with Crippen molar-refractivity contribution in [3.05, 3.63) is 30.1 Å². The van der Waals surface area contributed by atoms with Crippen molar-refractivity contribution in [1.29, 1.82) is 0 Å². The smallest absolute Gasteiger partial charge is 0.388 e. The van der Waals surface area contributed by atoms with Crippen LogP contribution in [0.15, 0.2) is 24.4 Å². The molecule has 6 heteroatoms. The summed E-state index contributed by atoms with van der Waals surface area (Å²) in [5, 5.41) is 2.87. The molecule has 0 fully saturated rings. The average molecular weight is 227 g/mol. The van der Waals surface area contributed by atoms with Crippen molar-refractivity contribution in [2.45, 2.75) is 6.18 Å². The lowest BCUT2D eigenvalue weighted by Crippen LogP contribution is -2.08. The van der Waals surface area contributed by atoms with Gasteiger partial charge in [-0.1, -0.05) is 0 Å². The second-order valence-corrected chi connectivity index (χ2v) is 3.21. The Bertz CT molecular complexity index is 522. The van der Waals surface area contributed by atoms with Gasteiger partial charge >= 0.3 is 6.18 Å². The number of aromatic nitrogens is 2. The van der Waals surface area contributed by atoms with Gasteiger partial charge < -0.3 is 5.32 Å². The van der Waals surface area contributed by atoms with E-state index in [1.807, 2.05) is 0 Å². The molecule has 0 spiro atoms. The monoisotopic (exact) mass is 227 g/mol. The molecule has 0 aliphatic carbocycles. The standard InChI is InChI=1S/C10H8F3N3/c1-14-6-2-3-7-8(4-6)15-5-9(16-7)10(11,12)13/h2-5,14H,1H3. The number of rotatable bonds is 1. The van der Waals surface area contributed by atoms with Crippen LogP contribution in [-0.2, 0) is 6.18 Å². The van der Waals surface area contributed by atoms with Gasteiger partial charge in [0.05, 0.1) is 17.2 Å². The molecule has 1 aromatic carbocycles. The summed E-state index contributed by atoms with van der Waals surface area (Å²) in [6.07, 6.45) is -3.72. The molecule has 0 atom stereocenters. The average Bonchev–Trinajstić information content (AvgIpc) is 2.26. The maximum absolute atomic E-state index is 12.3. The molecule has 1 aromatic heterocycles. The fourth-order valence-corrected chi connectivity index (χ4v) is 1.30. The topological polar surface area (TPSA) is 37.8 Å². The van der Waals surface area contributed by atoms with E-state index in [0.29, 0.717) is 5.52 Å². The molecular weight excluding hydrogens is 219 g/mol. The Morgan fingerprint density at radius 1 is 1.19 bits per heavy atom. The summed E-state index contributed by atoms with van der Waals surface area (Å²) in [6, 6.07) is 4.79. The maximum atomic E-state index is 12.3. The normalized spacial score (nSPS) is 11.8. The van der Waals surface area contributed by atoms with Gasteiger partial charge in [0.2, 0.25) is 0 Å². The van der Waals surface area contributed by atoms with Crippen LogP contribution < -0.4 is 5.32 Å². The van der Waals surface area contributed by atoms with Gasteiger partial charge in [0.1, 0.15) is 0 Å². The van der Waals surface area contributed by atoms with Crippen molar-refractivity contribution in [3.63, 3.8) is 0 Å². The fraction of sp³-hybridized carbons (Fsp3) is 0.200. The summed E-state index contributed by atoms with van der Waals surface area (Å²) < 4.78 is 37.0. The highest BCUT2D eigenvalue weighted by molar-refractivity contribution is 5.78. The number of hydrogen-bond donors (Lipinski definition) is 1. The lowest BCUT2D eigenvalue weighted by Gasteiger charge is -2.06. The predicted molar refractivity (Wildman–Crippen MR) is 54.1 cm³/mol. The second kappa shape index (κ2) is 3.62. The first kappa shape index (κ1) is 10.7. The van der Waals surface area contributed by atoms with Gasteiger partial charge in [-0.25, -0.2) is 4.98 Å². The van der Waals surface area contributed by atoms with Crippen LogP contribution in [0.25, 0.3) is 11.0 Å². The third-order valence-electron chi connectivity index (χ3n) is 2.12. The molecule has 0 saturated heterocycles. The first-order valence-corrected chi connectivity index (χ1v) is 4.52. The van der Waals surface area contributed by atoms with Crippen LogP contribution >= 0.6 is 0 Å². The zero-order valence-corrected chi connectivity index (χ0v) is 8.34. The number of benzene rings is 1. The van der Waals surface area contributed by atoms with E-state index < -0.39 is 11.9 Å². The highest BCUT2D eigenvalue weighted by Gasteiger charge is 2.33. The number of alkyl halides is 3. The molecule has 2 rings (SSSR count). The van der Waals surface area contributed by atoms with E-state index in [0.717, 1.165) is 11.9 Å². The number of nitrogens with zero attached hydrogens (tertiary/aromatic N) is 2. The van der Waals surface area contributed by atoms with E-state index in [1.165, 1.54) is 6.07 Å². The molecule has 0 saturated carbocycles. The van der Waals surface area contributed by atoms with Crippen molar-refractivity contribution in [3.8, 4) is 0 Å². The molecule has 0 bridgehead atoms. The molecule has 0 amide bonds. The highest BCUT2D eigenvalue weighted by atomic mass is 19.4. The Hall–Kier alpha value is -1.85. The number of fused-ring (bicyclic) bond motifs is 1. The zero-order valence-electron chi connectivity index (χ0n) is 8.34. The fourth-order valence-electron chi connectivity index (χ4n) is 1.30. The van der Waals surface area contributed by atoms with E-state index in [-0.39, 0.29) is 5.52 Å². The minimum absolute atomic E-state index is 0.230. The van der Waals surface area contributed by atoms with E-state index >= 15 is 0 Å². The molecule has 3 nitrogen and oxygen atoms in total. The van der Waals surface area contributed by atoms with Crippen LogP contribution in [0.2, 0.25) is 0 Å². The van der Waals surface area contributed by atoms with Gasteiger partial charge in [-0.15, -0.1) is 0 Å². The van der Waals surface area contributed by atoms with Crippen molar-refractivity contribution < 1.29 is 13.2 Å². The van der Waals surface area contributed by atoms with Crippen LogP contribution in [0.4, 0.5) is 18.9 Å². The molecule has 1 heterocycles. The van der Waals surface area contributed by atoms with E-state index in [4.69, 9.17) is 0 Å². The summed E-state index contributed by atoms with van der Waals surface area (Å²) in [5.41, 5.74) is 0.465. The van der Waals surface area contributed by atoms with Gasteiger partial charge in [0.15, 0.2) is 5.69 Å². The van der Waals surface area contributed by atoms with Crippen LogP contribution in [-0.4, -0.2) is 17.0 Å². The molecule has 0 radical (unpaired) electrons. The van der Waals surface area contributed by atoms with Crippen LogP contribution in [0, 0.1) is 0 Å². The van der Waals surface area contributed by atoms with Gasteiger partial charge in [0.25, 0.3) is 0 Å². The molecular formula is C10H8F3N3. The zero-order chi connectivity index (χ0) is 11.8. The Morgan fingerprint density at radius 2 is 1.94 bits per heavy atom. The summed E-state index contributed by atoms with van der Waals surface area (Å²) >= 11 is 0. The second-order valence-electron chi connectivity index (χ2n) is 3.21. The molecule has 2 aromatic rings. The van der Waals surface area contributed by atoms with Crippen LogP contribution in [0.5, 0.6) is 0 Å². The van der Waals surface area contributed by atoms with Crippen LogP contribution in [0.3, 0.4) is 0 Å². The quantitative estimate of drug-likeness (QED) is 0.813. The molecule has 0 aliphatic heterocycles. The number of hydrogen-bond acceptors (Lipinski definition) is 3. The highest BCUT2D eigenvalue weighted by Crippen LogP contribution is 2.28. The summed E-state index contributed by atoms with van der Waals surface area (Å²) in [7, 11) is 1.72. The first-order chi connectivity index (χ1) is 7.50. The third-order valence-corrected chi connectivity index (χ3v) is 2.12. The number of anilines is 1. The van der Waals surface area contributed by atoms with E-state index in [9.17, 15) is 13.2 Å². The van der Waals surface area contributed by atoms with Gasteiger partial charge in [0, 0.05) is 12.7 Å². The summed E-state index contributed by atoms with van der Waals surface area (Å²) in [5.74, 6) is 0. The van der Waals surface area contributed by atoms with Crippen LogP contribution in [0.1, 0.15) is 5.69 Å². The molecule has 0 aliphatic rings. The summed E-state index contributed by atoms with van der Waals surface area (Å²) in [4.78, 5) is 7.24. The van der Waals surface area contributed by atoms with Gasteiger partial charge in [-0.3, -0.25) is 4.98 Å². The maximum Gasteiger partial charge on any atom is 0.434 e. The van der Waals surface area contributed by atoms with E-state index in [2.05, 4.69) is 15.3 Å². The largest absolute Gasteiger partial charge is 0.434 e. The minimum Gasteiger partial charge on any atom is -0.388 e. The molecule has 0 unspecified atom stereocenters. The van der Waals surface area contributed by atoms with Gasteiger partial charge in [-0.05, 0) is 18.2 Å². The molecule has 84 valence electrons. The van der Waals surface area contributed by atoms with Crippen molar-refractivity contribution in [2.75, 3.05) is 12.4 Å². The Kier molecular flexibility index (Phi) is 2.41. The third kappa shape index (κ3) is 1.91. The predicted octanol–water partition coefficient (Wildman–Crippen LogP) is 2.69. The van der Waals surface area contributed by atoms with Crippen molar-refractivity contribution in [2.24, 2.45) is 0 Å². The SMILES string of the molecule is CNc1ccc2nc(C(F)(F)F)cnc2c1. The Balaban J connectivity index is 2.56. The number of nitrogens with one attached hydrogen (secondary N) is 1. The first-order valence-electron chi connectivity index (χ1n) is 4.52. The minimum atomic E-state index is -4.46. The molecule has 1 N–H and O–H groups in total. The van der Waals surface area contributed by atoms with Gasteiger partial charge in [-0.2, -0.15) is 13.2 Å². The Morgan fingerprint density at radius 3 is 2.56 bits per heavy atom. The van der Waals surface area contributed by atoms with Crippen molar-refractivity contribution >= 4 is 16.7 Å². The van der Waals surface area contributed by atoms with E-state index in [1.54, 1.807) is 19.2 Å². The number of halogens is 3. The van der Waals surface area contributed by atoms with Crippen molar-refractivity contribution in [1.82, 2.24) is 9.97 Å². The Labute approximate surface area is 89.3 Å². The lowest BCUT2D eigenvalue weighted by molar-refractivity contribution is -0.141. The lowest BCUT2D eigenvalue weighted by atomic mass is 10.2. The molecule has 16 heavy (non-hydrogen) atoms. The summed E-state index contributed by atoms with van der Waals surface area (Å²) in [6.45, 7) is 0.